The number of benzene rings is 3. The summed E-state index contributed by atoms with van der Waals surface area (Å²) >= 11 is 0. The van der Waals surface area contributed by atoms with Crippen molar-refractivity contribution in [1.29, 1.82) is 0 Å². The van der Waals surface area contributed by atoms with E-state index < -0.39 is 16.2 Å². The van der Waals surface area contributed by atoms with Gasteiger partial charge < -0.3 is 4.43 Å². The zero-order chi connectivity index (χ0) is 29.6. The lowest BCUT2D eigenvalue weighted by Gasteiger charge is -2.45. The van der Waals surface area contributed by atoms with Crippen molar-refractivity contribution >= 4 is 21.5 Å². The minimum absolute atomic E-state index is 0.120. The monoisotopic (exact) mass is 570 g/mol. The lowest BCUT2D eigenvalue weighted by Crippen LogP contribution is -2.48. The standard InChI is InChI=1S/C37H51OPSi/c1-25(2)40(26(3)4,27(5)6)38-34(36(10,11)12)35-37(31-19-15-13-16-20-31,32-21-17-14-18-22-32)39(35)33-29(8)23-28(7)24-30(33)9/h13-27H,1-12H3/b35-34-. The molecule has 1 unspecified atom stereocenters. The Morgan fingerprint density at radius 1 is 0.700 bits per heavy atom. The molecule has 214 valence electrons. The second kappa shape index (κ2) is 11.3. The van der Waals surface area contributed by atoms with Gasteiger partial charge in [-0.1, -0.05) is 141 Å². The number of hydrogen-bond donors (Lipinski definition) is 0. The average molecular weight is 571 g/mol. The Balaban J connectivity index is 2.17. The van der Waals surface area contributed by atoms with Crippen LogP contribution in [-0.2, 0) is 9.58 Å². The summed E-state index contributed by atoms with van der Waals surface area (Å²) in [6, 6.07) is 27.3. The highest BCUT2D eigenvalue weighted by Gasteiger charge is 2.66. The van der Waals surface area contributed by atoms with E-state index in [4.69, 9.17) is 4.43 Å². The topological polar surface area (TPSA) is 9.23 Å². The molecule has 0 N–H and O–H groups in total. The predicted octanol–water partition coefficient (Wildman–Crippen LogP) is 11.1. The van der Waals surface area contributed by atoms with E-state index in [1.54, 1.807) is 0 Å². The van der Waals surface area contributed by atoms with Gasteiger partial charge in [-0.05, 0) is 72.9 Å². The first-order chi connectivity index (χ1) is 18.7. The molecule has 3 aromatic rings. The molecule has 3 heteroatoms. The largest absolute Gasteiger partial charge is 0.545 e. The molecule has 40 heavy (non-hydrogen) atoms. The molecule has 1 aliphatic rings. The van der Waals surface area contributed by atoms with E-state index >= 15 is 0 Å². The maximum absolute atomic E-state index is 7.80. The molecule has 0 bridgehead atoms. The molecule has 0 saturated carbocycles. The van der Waals surface area contributed by atoms with Crippen molar-refractivity contribution in [1.82, 2.24) is 0 Å². The Kier molecular flexibility index (Phi) is 8.67. The summed E-state index contributed by atoms with van der Waals surface area (Å²) in [5.74, 6) is 1.26. The summed E-state index contributed by atoms with van der Waals surface area (Å²) in [5.41, 5.74) is 8.35. The molecule has 1 nitrogen and oxygen atoms in total. The van der Waals surface area contributed by atoms with Crippen LogP contribution in [-0.4, -0.2) is 8.32 Å². The van der Waals surface area contributed by atoms with Gasteiger partial charge in [0.15, 0.2) is 0 Å². The van der Waals surface area contributed by atoms with Crippen LogP contribution in [0.1, 0.15) is 90.1 Å². The highest BCUT2D eigenvalue weighted by atomic mass is 31.1. The van der Waals surface area contributed by atoms with Crippen LogP contribution in [0.4, 0.5) is 0 Å². The summed E-state index contributed by atoms with van der Waals surface area (Å²) in [6.45, 7) is 28.4. The number of hydrogen-bond acceptors (Lipinski definition) is 1. The summed E-state index contributed by atoms with van der Waals surface area (Å²) < 4.78 is 7.80. The van der Waals surface area contributed by atoms with Gasteiger partial charge in [-0.15, -0.1) is 0 Å². The normalized spacial score (nSPS) is 18.4. The Labute approximate surface area is 247 Å². The molecule has 0 amide bonds. The van der Waals surface area contributed by atoms with Crippen LogP contribution in [0, 0.1) is 26.2 Å². The van der Waals surface area contributed by atoms with Gasteiger partial charge in [0.25, 0.3) is 8.32 Å². The van der Waals surface area contributed by atoms with Gasteiger partial charge >= 0.3 is 0 Å². The molecular formula is C37H51OPSi. The van der Waals surface area contributed by atoms with Gasteiger partial charge in [0.1, 0.15) is 0 Å². The van der Waals surface area contributed by atoms with Crippen molar-refractivity contribution in [2.75, 3.05) is 0 Å². The fourth-order valence-electron chi connectivity index (χ4n) is 7.46. The molecule has 1 aliphatic heterocycles. The first-order valence-electron chi connectivity index (χ1n) is 15.1. The van der Waals surface area contributed by atoms with Crippen molar-refractivity contribution in [3.8, 4) is 0 Å². The smallest absolute Gasteiger partial charge is 0.258 e. The van der Waals surface area contributed by atoms with Gasteiger partial charge in [-0.2, -0.15) is 0 Å². The molecule has 1 fully saturated rings. The Morgan fingerprint density at radius 3 is 1.45 bits per heavy atom. The second-order valence-electron chi connectivity index (χ2n) is 13.9. The molecule has 0 aliphatic carbocycles. The zero-order valence-corrected chi connectivity index (χ0v) is 28.9. The van der Waals surface area contributed by atoms with E-state index in [1.165, 1.54) is 44.2 Å². The maximum Gasteiger partial charge on any atom is 0.258 e. The van der Waals surface area contributed by atoms with Gasteiger partial charge in [0, 0.05) is 10.7 Å². The molecule has 0 aromatic heterocycles. The number of aryl methyl sites for hydroxylation is 3. The maximum atomic E-state index is 7.80. The Hall–Kier alpha value is -2.15. The van der Waals surface area contributed by atoms with Gasteiger partial charge in [-0.25, -0.2) is 0 Å². The third-order valence-corrected chi connectivity index (χ3v) is 18.3. The minimum atomic E-state index is -2.20. The first-order valence-corrected chi connectivity index (χ1v) is 18.6. The Bertz CT molecular complexity index is 1280. The molecule has 0 spiro atoms. The predicted molar refractivity (Wildman–Crippen MR) is 179 cm³/mol. The van der Waals surface area contributed by atoms with Crippen LogP contribution < -0.4 is 5.30 Å². The summed E-state index contributed by atoms with van der Waals surface area (Å²) in [7, 11) is -2.90. The van der Waals surface area contributed by atoms with Crippen LogP contribution >= 0.6 is 7.92 Å². The number of rotatable bonds is 8. The van der Waals surface area contributed by atoms with Crippen molar-refractivity contribution < 1.29 is 4.43 Å². The second-order valence-corrected chi connectivity index (χ2v) is 21.5. The third-order valence-electron chi connectivity index (χ3n) is 8.98. The van der Waals surface area contributed by atoms with Crippen molar-refractivity contribution in [2.24, 2.45) is 5.41 Å². The van der Waals surface area contributed by atoms with Crippen molar-refractivity contribution in [3.05, 3.63) is 112 Å². The summed E-state index contributed by atoms with van der Waals surface area (Å²) in [6.07, 6.45) is 0. The van der Waals surface area contributed by atoms with E-state index in [1.807, 2.05) is 0 Å². The number of allylic oxidation sites excluding steroid dienone is 2. The lowest BCUT2D eigenvalue weighted by molar-refractivity contribution is 0.264. The van der Waals surface area contributed by atoms with E-state index in [0.29, 0.717) is 16.6 Å². The first kappa shape index (κ1) is 30.8. The van der Waals surface area contributed by atoms with E-state index in [9.17, 15) is 0 Å². The fraction of sp³-hybridized carbons (Fsp3) is 0.459. The van der Waals surface area contributed by atoms with E-state index in [-0.39, 0.29) is 10.6 Å². The van der Waals surface area contributed by atoms with Gasteiger partial charge in [0.2, 0.25) is 0 Å². The summed E-state index contributed by atoms with van der Waals surface area (Å²) in [5, 5.41) is 2.86. The van der Waals surface area contributed by atoms with E-state index in [2.05, 4.69) is 156 Å². The molecule has 1 atom stereocenters. The fourth-order valence-corrected chi connectivity index (χ4v) is 16.8. The molecule has 1 saturated heterocycles. The minimum Gasteiger partial charge on any atom is -0.545 e. The average Bonchev–Trinajstić information content (AvgIpc) is 3.53. The van der Waals surface area contributed by atoms with Crippen molar-refractivity contribution in [2.45, 2.75) is 105 Å². The summed E-state index contributed by atoms with van der Waals surface area (Å²) in [4.78, 5) is 0. The lowest BCUT2D eigenvalue weighted by atomic mass is 9.86. The van der Waals surface area contributed by atoms with Crippen LogP contribution in [0.2, 0.25) is 16.6 Å². The molecule has 1 heterocycles. The molecule has 3 aromatic carbocycles. The van der Waals surface area contributed by atoms with E-state index in [0.717, 1.165) is 0 Å². The molecule has 4 rings (SSSR count). The third kappa shape index (κ3) is 5.05. The van der Waals surface area contributed by atoms with Crippen LogP contribution in [0.5, 0.6) is 0 Å². The van der Waals surface area contributed by atoms with Crippen LogP contribution in [0.25, 0.3) is 0 Å². The highest BCUT2D eigenvalue weighted by molar-refractivity contribution is 7.80. The highest BCUT2D eigenvalue weighted by Crippen LogP contribution is 2.87. The zero-order valence-electron chi connectivity index (χ0n) is 27.0. The quantitative estimate of drug-likeness (QED) is 0.149. The van der Waals surface area contributed by atoms with Crippen LogP contribution in [0.15, 0.2) is 83.9 Å². The van der Waals surface area contributed by atoms with Crippen LogP contribution in [0.3, 0.4) is 0 Å². The van der Waals surface area contributed by atoms with Crippen molar-refractivity contribution in [3.63, 3.8) is 0 Å². The van der Waals surface area contributed by atoms with Gasteiger partial charge in [-0.3, -0.25) is 0 Å². The SMILES string of the molecule is Cc1cc(C)c(P2/C(=C(\O[Si](C(C)C)(C(C)C)C(C)C)C(C)(C)C)C2(c2ccccc2)c2ccccc2)c(C)c1. The molecule has 0 radical (unpaired) electrons. The van der Waals surface area contributed by atoms with Gasteiger partial charge in [0.05, 0.1) is 10.9 Å². The molecular weight excluding hydrogens is 519 g/mol. The Morgan fingerprint density at radius 2 is 1.10 bits per heavy atom.